The van der Waals surface area contributed by atoms with Crippen LogP contribution in [-0.4, -0.2) is 19.8 Å². The Bertz CT molecular complexity index is 93.1. The maximum Gasteiger partial charge on any atom is 0.0894 e. The van der Waals surface area contributed by atoms with Crippen molar-refractivity contribution in [1.29, 1.82) is 0 Å². The van der Waals surface area contributed by atoms with E-state index in [2.05, 4.69) is 0 Å². The van der Waals surface area contributed by atoms with Crippen molar-refractivity contribution in [3.8, 4) is 0 Å². The van der Waals surface area contributed by atoms with E-state index in [1.807, 2.05) is 6.92 Å². The van der Waals surface area contributed by atoms with Crippen LogP contribution in [0.5, 0.6) is 0 Å². The summed E-state index contributed by atoms with van der Waals surface area (Å²) in [4.78, 5) is 0. The van der Waals surface area contributed by atoms with E-state index in [1.165, 1.54) is 0 Å². The number of ether oxygens (including phenoxy) is 1. The minimum Gasteiger partial charge on any atom is -0.377 e. The fourth-order valence-corrected chi connectivity index (χ4v) is 0.368. The van der Waals surface area contributed by atoms with Crippen molar-refractivity contribution in [2.75, 3.05) is 19.8 Å². The van der Waals surface area contributed by atoms with E-state index >= 15 is 0 Å². The molecule has 3 heteroatoms. The Morgan fingerprint density at radius 1 is 1.78 bits per heavy atom. The minimum absolute atomic E-state index is 0.233. The summed E-state index contributed by atoms with van der Waals surface area (Å²) in [7, 11) is 0. The summed E-state index contributed by atoms with van der Waals surface area (Å²) < 4.78 is 16.5. The van der Waals surface area contributed by atoms with E-state index in [9.17, 15) is 4.39 Å². The SMILES string of the molecule is CCOC/C(=C\F)CN. The fraction of sp³-hybridized carbons (Fsp3) is 0.667. The molecule has 0 aromatic rings. The third-order valence-corrected chi connectivity index (χ3v) is 0.908. The normalized spacial score (nSPS) is 12.1. The maximum absolute atomic E-state index is 11.7. The number of halogens is 1. The molecule has 0 unspecified atom stereocenters. The van der Waals surface area contributed by atoms with Crippen LogP contribution in [0.15, 0.2) is 11.9 Å². The van der Waals surface area contributed by atoms with E-state index in [-0.39, 0.29) is 6.54 Å². The monoisotopic (exact) mass is 133 g/mol. The summed E-state index contributed by atoms with van der Waals surface area (Å²) in [6.45, 7) is 2.99. The molecule has 0 aromatic carbocycles. The van der Waals surface area contributed by atoms with Gasteiger partial charge in [-0.05, 0) is 12.5 Å². The summed E-state index contributed by atoms with van der Waals surface area (Å²) in [5.74, 6) is 0. The van der Waals surface area contributed by atoms with Crippen LogP contribution >= 0.6 is 0 Å². The zero-order valence-electron chi connectivity index (χ0n) is 5.56. The van der Waals surface area contributed by atoms with Crippen molar-refractivity contribution in [3.63, 3.8) is 0 Å². The predicted molar refractivity (Wildman–Crippen MR) is 34.7 cm³/mol. The lowest BCUT2D eigenvalue weighted by molar-refractivity contribution is 0.169. The maximum atomic E-state index is 11.7. The summed E-state index contributed by atoms with van der Waals surface area (Å²) in [5, 5.41) is 0. The quantitative estimate of drug-likeness (QED) is 0.616. The highest BCUT2D eigenvalue weighted by Gasteiger charge is 1.91. The average Bonchev–Trinajstić information content (AvgIpc) is 1.91. The van der Waals surface area contributed by atoms with Gasteiger partial charge in [0.15, 0.2) is 0 Å². The molecule has 0 radical (unpaired) electrons. The third-order valence-electron chi connectivity index (χ3n) is 0.908. The van der Waals surface area contributed by atoms with Crippen molar-refractivity contribution in [1.82, 2.24) is 0 Å². The Balaban J connectivity index is 3.33. The van der Waals surface area contributed by atoms with E-state index in [0.29, 0.717) is 25.1 Å². The molecular formula is C6H12FNO. The van der Waals surface area contributed by atoms with Crippen LogP contribution in [0.1, 0.15) is 6.92 Å². The molecule has 0 heterocycles. The topological polar surface area (TPSA) is 35.2 Å². The Morgan fingerprint density at radius 3 is 2.78 bits per heavy atom. The highest BCUT2D eigenvalue weighted by molar-refractivity contribution is 4.98. The van der Waals surface area contributed by atoms with Gasteiger partial charge in [-0.1, -0.05) is 0 Å². The first-order chi connectivity index (χ1) is 4.35. The number of hydrogen-bond donors (Lipinski definition) is 1. The number of hydrogen-bond acceptors (Lipinski definition) is 2. The Kier molecular flexibility index (Phi) is 5.46. The molecule has 0 atom stereocenters. The van der Waals surface area contributed by atoms with Crippen LogP contribution in [0.2, 0.25) is 0 Å². The van der Waals surface area contributed by atoms with Gasteiger partial charge in [-0.2, -0.15) is 0 Å². The van der Waals surface area contributed by atoms with Gasteiger partial charge >= 0.3 is 0 Å². The highest BCUT2D eigenvalue weighted by Crippen LogP contribution is 1.92. The van der Waals surface area contributed by atoms with Gasteiger partial charge in [-0.15, -0.1) is 0 Å². The van der Waals surface area contributed by atoms with Gasteiger partial charge < -0.3 is 10.5 Å². The summed E-state index contributed by atoms with van der Waals surface area (Å²) in [5.41, 5.74) is 5.63. The minimum atomic E-state index is 0.233. The fourth-order valence-electron chi connectivity index (χ4n) is 0.368. The predicted octanol–water partition coefficient (Wildman–Crippen LogP) is 0.835. The van der Waals surface area contributed by atoms with E-state index in [0.717, 1.165) is 0 Å². The Hall–Kier alpha value is -0.410. The third kappa shape index (κ3) is 4.12. The van der Waals surface area contributed by atoms with Gasteiger partial charge in [0.05, 0.1) is 12.9 Å². The molecule has 0 rings (SSSR count). The highest BCUT2D eigenvalue weighted by atomic mass is 19.1. The molecule has 54 valence electrons. The zero-order valence-corrected chi connectivity index (χ0v) is 5.56. The first-order valence-electron chi connectivity index (χ1n) is 2.91. The molecule has 0 bridgehead atoms. The van der Waals surface area contributed by atoms with Crippen molar-refractivity contribution in [2.45, 2.75) is 6.92 Å². The van der Waals surface area contributed by atoms with Crippen LogP contribution in [0, 0.1) is 0 Å². The Morgan fingerprint density at radius 2 is 2.44 bits per heavy atom. The second-order valence-electron chi connectivity index (χ2n) is 1.61. The van der Waals surface area contributed by atoms with Gasteiger partial charge in [0.2, 0.25) is 0 Å². The molecule has 0 aliphatic carbocycles. The zero-order chi connectivity index (χ0) is 7.11. The second-order valence-corrected chi connectivity index (χ2v) is 1.61. The van der Waals surface area contributed by atoms with Crippen molar-refractivity contribution in [3.05, 3.63) is 11.9 Å². The molecular weight excluding hydrogens is 121 g/mol. The van der Waals surface area contributed by atoms with Crippen LogP contribution in [0.4, 0.5) is 4.39 Å². The van der Waals surface area contributed by atoms with Crippen molar-refractivity contribution < 1.29 is 9.13 Å². The molecule has 2 nitrogen and oxygen atoms in total. The van der Waals surface area contributed by atoms with Gasteiger partial charge in [0, 0.05) is 13.2 Å². The molecule has 0 aliphatic heterocycles. The van der Waals surface area contributed by atoms with Gasteiger partial charge in [0.25, 0.3) is 0 Å². The van der Waals surface area contributed by atoms with E-state index in [1.54, 1.807) is 0 Å². The van der Waals surface area contributed by atoms with Gasteiger partial charge in [-0.3, -0.25) is 0 Å². The van der Waals surface area contributed by atoms with E-state index < -0.39 is 0 Å². The summed E-state index contributed by atoms with van der Waals surface area (Å²) >= 11 is 0. The Labute approximate surface area is 54.5 Å². The van der Waals surface area contributed by atoms with Crippen LogP contribution in [0.25, 0.3) is 0 Å². The average molecular weight is 133 g/mol. The first kappa shape index (κ1) is 8.59. The second kappa shape index (κ2) is 5.72. The van der Waals surface area contributed by atoms with Crippen LogP contribution < -0.4 is 5.73 Å². The number of rotatable bonds is 4. The lowest BCUT2D eigenvalue weighted by Gasteiger charge is -2.00. The first-order valence-corrected chi connectivity index (χ1v) is 2.91. The lowest BCUT2D eigenvalue weighted by atomic mass is 10.3. The molecule has 0 spiro atoms. The molecule has 0 aliphatic rings. The smallest absolute Gasteiger partial charge is 0.0894 e. The standard InChI is InChI=1S/C6H12FNO/c1-2-9-5-6(3-7)4-8/h3H,2,4-5,8H2,1H3/b6-3-. The molecule has 2 N–H and O–H groups in total. The molecule has 0 fully saturated rings. The number of nitrogens with two attached hydrogens (primary N) is 1. The lowest BCUT2D eigenvalue weighted by Crippen LogP contribution is -2.08. The van der Waals surface area contributed by atoms with Crippen molar-refractivity contribution >= 4 is 0 Å². The van der Waals surface area contributed by atoms with E-state index in [4.69, 9.17) is 10.5 Å². The van der Waals surface area contributed by atoms with Gasteiger partial charge in [0.1, 0.15) is 0 Å². The van der Waals surface area contributed by atoms with Crippen LogP contribution in [-0.2, 0) is 4.74 Å². The van der Waals surface area contributed by atoms with Crippen LogP contribution in [0.3, 0.4) is 0 Å². The van der Waals surface area contributed by atoms with Crippen molar-refractivity contribution in [2.24, 2.45) is 5.73 Å². The summed E-state index contributed by atoms with van der Waals surface area (Å²) in [6.07, 6.45) is 0.496. The summed E-state index contributed by atoms with van der Waals surface area (Å²) in [6, 6.07) is 0. The largest absolute Gasteiger partial charge is 0.377 e. The molecule has 0 aromatic heterocycles. The molecule has 0 saturated heterocycles. The molecule has 0 saturated carbocycles. The molecule has 9 heavy (non-hydrogen) atoms. The molecule has 0 amide bonds. The van der Waals surface area contributed by atoms with Gasteiger partial charge in [-0.25, -0.2) is 4.39 Å².